The Kier molecular flexibility index (Phi) is 22.4. The number of carbonyl (C=O) groups is 6. The van der Waals surface area contributed by atoms with Crippen molar-refractivity contribution >= 4 is 57.3 Å². The number of methoxy groups -OCH3 is 2. The highest BCUT2D eigenvalue weighted by Gasteiger charge is 2.50. The van der Waals surface area contributed by atoms with Crippen molar-refractivity contribution in [1.82, 2.24) is 25.3 Å². The first-order valence-corrected chi connectivity index (χ1v) is 25.9. The van der Waals surface area contributed by atoms with Gasteiger partial charge in [-0.05, 0) is 68.6 Å². The van der Waals surface area contributed by atoms with Crippen molar-refractivity contribution in [3.8, 4) is 0 Å². The van der Waals surface area contributed by atoms with Crippen LogP contribution in [-0.4, -0.2) is 150 Å². The number of ether oxygens (including phenoxy) is 3. The highest BCUT2D eigenvalue weighted by molar-refractivity contribution is 8.76. The largest absolute Gasteiger partial charge is 0.480 e. The fourth-order valence-electron chi connectivity index (χ4n) is 9.84. The first-order chi connectivity index (χ1) is 30.7. The van der Waals surface area contributed by atoms with Crippen molar-refractivity contribution in [2.45, 2.75) is 166 Å². The molecule has 15 nitrogen and oxygen atoms in total. The molecule has 0 spiro atoms. The third kappa shape index (κ3) is 14.5. The summed E-state index contributed by atoms with van der Waals surface area (Å²) in [7, 11) is 9.63. The minimum Gasteiger partial charge on any atom is -0.480 e. The topological polar surface area (TPSA) is 184 Å². The fourth-order valence-corrected chi connectivity index (χ4v) is 12.1. The molecule has 2 aliphatic rings. The number of rotatable bonds is 24. The van der Waals surface area contributed by atoms with Crippen LogP contribution >= 0.6 is 21.6 Å². The zero-order valence-corrected chi connectivity index (χ0v) is 42.8. The summed E-state index contributed by atoms with van der Waals surface area (Å²) in [6.45, 7) is 15.4. The van der Waals surface area contributed by atoms with Gasteiger partial charge in [0.05, 0.1) is 41.4 Å². The molecule has 1 aromatic rings. The Morgan fingerprint density at radius 3 is 2.09 bits per heavy atom. The van der Waals surface area contributed by atoms with E-state index in [1.165, 1.54) is 19.1 Å². The number of hydrogen-bond donors (Lipinski definition) is 3. The zero-order valence-electron chi connectivity index (χ0n) is 41.2. The molecule has 1 saturated heterocycles. The Morgan fingerprint density at radius 2 is 1.54 bits per heavy atom. The molecule has 368 valence electrons. The van der Waals surface area contributed by atoms with E-state index in [4.69, 9.17) is 14.2 Å². The van der Waals surface area contributed by atoms with Gasteiger partial charge in [0, 0.05) is 41.3 Å². The molecule has 0 radical (unpaired) electrons. The number of hydrogen-bond acceptors (Lipinski definition) is 11. The van der Waals surface area contributed by atoms with Gasteiger partial charge in [0.15, 0.2) is 0 Å². The average Bonchev–Trinajstić information content (AvgIpc) is 3.67. The fraction of sp³-hybridized carbons (Fsp3) is 0.750. The molecule has 3 rings (SSSR count). The predicted octanol–water partition coefficient (Wildman–Crippen LogP) is 6.67. The molecule has 0 aromatic heterocycles. The van der Waals surface area contributed by atoms with Crippen LogP contribution in [0, 0.1) is 23.7 Å². The molecule has 1 heterocycles. The summed E-state index contributed by atoms with van der Waals surface area (Å²) < 4.78 is 18.1. The van der Waals surface area contributed by atoms with Gasteiger partial charge in [0.25, 0.3) is 0 Å². The summed E-state index contributed by atoms with van der Waals surface area (Å²) in [6.07, 6.45) is 5.37. The minimum atomic E-state index is -1.16. The maximum Gasteiger partial charge on any atom is 0.410 e. The van der Waals surface area contributed by atoms with Crippen LogP contribution in [0.15, 0.2) is 30.3 Å². The third-order valence-corrected chi connectivity index (χ3v) is 15.9. The van der Waals surface area contributed by atoms with Crippen molar-refractivity contribution in [1.29, 1.82) is 0 Å². The maximum atomic E-state index is 14.7. The van der Waals surface area contributed by atoms with Crippen LogP contribution in [0.5, 0.6) is 0 Å². The lowest BCUT2D eigenvalue weighted by atomic mass is 9.82. The van der Waals surface area contributed by atoms with Crippen LogP contribution < -0.4 is 10.6 Å². The summed E-state index contributed by atoms with van der Waals surface area (Å²) >= 11 is 0. The van der Waals surface area contributed by atoms with E-state index in [2.05, 4.69) is 10.6 Å². The van der Waals surface area contributed by atoms with Gasteiger partial charge in [-0.3, -0.25) is 24.1 Å². The van der Waals surface area contributed by atoms with Crippen LogP contribution in [-0.2, 0) is 44.6 Å². The Bertz CT molecular complexity index is 1720. The van der Waals surface area contributed by atoms with E-state index in [1.54, 1.807) is 52.4 Å². The number of carboxylic acids is 1. The molecule has 1 aliphatic heterocycles. The molecular formula is C48H79N5O10S2. The number of nitrogens with zero attached hydrogens (tertiary/aromatic N) is 3. The Labute approximate surface area is 396 Å². The first-order valence-electron chi connectivity index (χ1n) is 23.3. The second kappa shape index (κ2) is 26.1. The van der Waals surface area contributed by atoms with Crippen LogP contribution in [0.4, 0.5) is 4.79 Å². The summed E-state index contributed by atoms with van der Waals surface area (Å²) in [4.78, 5) is 87.6. The van der Waals surface area contributed by atoms with E-state index < -0.39 is 71.7 Å². The molecule has 3 N–H and O–H groups in total. The monoisotopic (exact) mass is 950 g/mol. The standard InChI is InChI=1S/C48H79N5O10S2/c1-14-31(6)41(51(9)45(57)39(29(2)3)50-44(56)40(30(4)5)52(10)47(60)63-35-23-18-19-24-37(35)65-64-13)36(61-11)28-38(54)53-26-20-25-48(53,8)42(62-12)32(7)43(55)49-34(46(58)59)27-33-21-16-15-17-22-33/h15-17,21-22,29-32,34-37,39-42H,14,18-20,23-28H2,1-13H3,(H,49,55)(H,50,56)(H,58,59)/t31-,32+,34-,35-,36+,37-,39-,40-,41-,42+,48-/m0/s1. The lowest BCUT2D eigenvalue weighted by Gasteiger charge is -2.44. The summed E-state index contributed by atoms with van der Waals surface area (Å²) in [6, 6.07) is 5.49. The van der Waals surface area contributed by atoms with Gasteiger partial charge in [0.2, 0.25) is 23.6 Å². The van der Waals surface area contributed by atoms with Crippen molar-refractivity contribution < 1.29 is 48.1 Å². The van der Waals surface area contributed by atoms with Crippen LogP contribution in [0.1, 0.15) is 112 Å². The van der Waals surface area contributed by atoms with E-state index in [-0.39, 0.29) is 53.8 Å². The highest BCUT2D eigenvalue weighted by Crippen LogP contribution is 2.39. The van der Waals surface area contributed by atoms with Crippen LogP contribution in [0.25, 0.3) is 0 Å². The van der Waals surface area contributed by atoms with Crippen molar-refractivity contribution in [3.63, 3.8) is 0 Å². The Balaban J connectivity index is 1.81. The van der Waals surface area contributed by atoms with E-state index in [9.17, 15) is 33.9 Å². The Hall–Kier alpha value is -3.54. The number of nitrogens with one attached hydrogen (secondary N) is 2. The van der Waals surface area contributed by atoms with E-state index >= 15 is 0 Å². The lowest BCUT2D eigenvalue weighted by Crippen LogP contribution is -2.61. The van der Waals surface area contributed by atoms with E-state index in [1.807, 2.05) is 85.1 Å². The van der Waals surface area contributed by atoms with Gasteiger partial charge < -0.3 is 39.8 Å². The normalized spacial score (nSPS) is 22.5. The van der Waals surface area contributed by atoms with Crippen molar-refractivity contribution in [2.24, 2.45) is 23.7 Å². The molecule has 0 unspecified atom stereocenters. The van der Waals surface area contributed by atoms with Crippen LogP contribution in [0.3, 0.4) is 0 Å². The van der Waals surface area contributed by atoms with Crippen molar-refractivity contribution in [2.75, 3.05) is 41.1 Å². The number of benzene rings is 1. The number of likely N-dealkylation sites (tertiary alicyclic amines) is 1. The average molecular weight is 950 g/mol. The van der Waals surface area contributed by atoms with Crippen molar-refractivity contribution in [3.05, 3.63) is 35.9 Å². The second-order valence-electron chi connectivity index (χ2n) is 18.9. The summed E-state index contributed by atoms with van der Waals surface area (Å²) in [5, 5.41) is 15.9. The smallest absolute Gasteiger partial charge is 0.410 e. The molecule has 65 heavy (non-hydrogen) atoms. The molecule has 0 bridgehead atoms. The third-order valence-electron chi connectivity index (χ3n) is 13.6. The number of amides is 5. The predicted molar refractivity (Wildman–Crippen MR) is 257 cm³/mol. The molecule has 17 heteroatoms. The first kappa shape index (κ1) is 55.8. The highest BCUT2D eigenvalue weighted by atomic mass is 33.1. The molecule has 1 aliphatic carbocycles. The van der Waals surface area contributed by atoms with Gasteiger partial charge in [-0.15, -0.1) is 0 Å². The van der Waals surface area contributed by atoms with Gasteiger partial charge >= 0.3 is 12.1 Å². The zero-order chi connectivity index (χ0) is 48.8. The second-order valence-corrected chi connectivity index (χ2v) is 21.6. The SMILES string of the molecule is CC[C@H](C)[C@@H]([C@@H](CC(=O)N1CCC[C@@]1(C)[C@H](OC)[C@@H](C)C(=O)N[C@@H](Cc1ccccc1)C(=O)O)OC)N(C)C(=O)[C@@H](NC(=O)[C@H](C(C)C)N(C)C(=O)O[C@H]1CCCC[C@@H]1SSC)C(C)C. The summed E-state index contributed by atoms with van der Waals surface area (Å²) in [5.41, 5.74) is -0.149. The van der Waals surface area contributed by atoms with Crippen LogP contribution in [0.2, 0.25) is 0 Å². The molecule has 1 saturated carbocycles. The number of aliphatic carboxylic acids is 1. The van der Waals surface area contributed by atoms with Gasteiger partial charge in [0.1, 0.15) is 24.2 Å². The van der Waals surface area contributed by atoms with Gasteiger partial charge in [-0.1, -0.05) is 113 Å². The van der Waals surface area contributed by atoms with E-state index in [0.29, 0.717) is 25.8 Å². The molecule has 5 amide bonds. The van der Waals surface area contributed by atoms with E-state index in [0.717, 1.165) is 31.2 Å². The summed E-state index contributed by atoms with van der Waals surface area (Å²) in [5.74, 6) is -4.26. The quantitative estimate of drug-likeness (QED) is 0.0938. The molecule has 11 atom stereocenters. The maximum absolute atomic E-state index is 14.7. The number of carbonyl (C=O) groups excluding carboxylic acids is 5. The lowest BCUT2D eigenvalue weighted by molar-refractivity contribution is -0.153. The number of carboxylic acid groups (broad SMARTS) is 1. The van der Waals surface area contributed by atoms with Gasteiger partial charge in [-0.25, -0.2) is 9.59 Å². The Morgan fingerprint density at radius 1 is 0.892 bits per heavy atom. The molecule has 1 aromatic carbocycles. The molecule has 2 fully saturated rings. The van der Waals surface area contributed by atoms with Gasteiger partial charge in [-0.2, -0.15) is 0 Å². The minimum absolute atomic E-state index is 0.0772. The number of likely N-dealkylation sites (N-methyl/N-ethyl adjacent to an activating group) is 2. The molecular weight excluding hydrogens is 871 g/mol.